The Morgan fingerprint density at radius 3 is 2.58 bits per heavy atom. The molecule has 2 aromatic heterocycles. The molecule has 0 atom stereocenters. The second kappa shape index (κ2) is 8.48. The van der Waals surface area contributed by atoms with Gasteiger partial charge < -0.3 is 10.1 Å². The summed E-state index contributed by atoms with van der Waals surface area (Å²) in [7, 11) is 3.16. The zero-order valence-electron chi connectivity index (χ0n) is 16.7. The molecule has 0 fully saturated rings. The van der Waals surface area contributed by atoms with Crippen LogP contribution in [0.3, 0.4) is 0 Å². The predicted octanol–water partition coefficient (Wildman–Crippen LogP) is 2.03. The van der Waals surface area contributed by atoms with E-state index in [1.54, 1.807) is 61.0 Å². The van der Waals surface area contributed by atoms with Gasteiger partial charge in [-0.25, -0.2) is 4.79 Å². The highest BCUT2D eigenvalue weighted by Crippen LogP contribution is 2.21. The Hall–Kier alpha value is -3.86. The summed E-state index contributed by atoms with van der Waals surface area (Å²) >= 11 is 1.11. The van der Waals surface area contributed by atoms with Crippen LogP contribution in [0.15, 0.2) is 58.5 Å². The maximum Gasteiger partial charge on any atom is 0.325 e. The summed E-state index contributed by atoms with van der Waals surface area (Å²) in [5.41, 5.74) is 0.986. The number of thioether (sulfide) groups is 1. The number of methoxy groups -OCH3 is 1. The van der Waals surface area contributed by atoms with Crippen molar-refractivity contribution in [3.05, 3.63) is 58.9 Å². The molecule has 0 aliphatic carbocycles. The van der Waals surface area contributed by atoms with Crippen LogP contribution in [-0.4, -0.2) is 44.0 Å². The number of ether oxygens (including phenoxy) is 1. The van der Waals surface area contributed by atoms with Crippen molar-refractivity contribution >= 4 is 46.1 Å². The molecular formula is C20H18N6O4S. The van der Waals surface area contributed by atoms with Gasteiger partial charge in [0.2, 0.25) is 11.7 Å². The first-order valence-electron chi connectivity index (χ1n) is 9.18. The molecule has 0 aliphatic heterocycles. The molecule has 0 saturated carbocycles. The van der Waals surface area contributed by atoms with E-state index in [1.807, 2.05) is 6.07 Å². The summed E-state index contributed by atoms with van der Waals surface area (Å²) in [6.45, 7) is 0. The summed E-state index contributed by atoms with van der Waals surface area (Å²) in [6.07, 6.45) is 0. The number of carbonyl (C=O) groups excluding carboxylic acids is 2. The van der Waals surface area contributed by atoms with E-state index in [4.69, 9.17) is 4.74 Å². The first-order valence-corrected chi connectivity index (χ1v) is 10.2. The average Bonchev–Trinajstić information content (AvgIpc) is 3.21. The molecule has 0 spiro atoms. The number of benzene rings is 2. The van der Waals surface area contributed by atoms with E-state index >= 15 is 0 Å². The highest BCUT2D eigenvalue weighted by Gasteiger charge is 2.16. The van der Waals surface area contributed by atoms with Crippen LogP contribution >= 0.6 is 11.8 Å². The number of hydrogen-bond donors (Lipinski definition) is 2. The van der Waals surface area contributed by atoms with Crippen molar-refractivity contribution in [3.63, 3.8) is 0 Å². The second-order valence-corrected chi connectivity index (χ2v) is 7.46. The number of amides is 3. The Balaban J connectivity index is 1.46. The third-order valence-electron chi connectivity index (χ3n) is 4.53. The topological polar surface area (TPSA) is 120 Å². The molecule has 2 heterocycles. The lowest BCUT2D eigenvalue weighted by Gasteiger charge is -2.08. The fraction of sp³-hybridized carbons (Fsp3) is 0.150. The van der Waals surface area contributed by atoms with Crippen LogP contribution in [0, 0.1) is 0 Å². The van der Waals surface area contributed by atoms with Crippen LogP contribution in [0.4, 0.5) is 10.5 Å². The molecule has 3 amide bonds. The van der Waals surface area contributed by atoms with E-state index in [0.29, 0.717) is 33.3 Å². The summed E-state index contributed by atoms with van der Waals surface area (Å²) in [6, 6.07) is 13.2. The van der Waals surface area contributed by atoms with Gasteiger partial charge in [0.05, 0.1) is 23.8 Å². The number of imide groups is 1. The third-order valence-corrected chi connectivity index (χ3v) is 5.46. The van der Waals surface area contributed by atoms with E-state index < -0.39 is 11.9 Å². The summed E-state index contributed by atoms with van der Waals surface area (Å²) in [4.78, 5) is 36.8. The Morgan fingerprint density at radius 1 is 1.10 bits per heavy atom. The molecule has 10 nitrogen and oxygen atoms in total. The number of fused-ring (bicyclic) bond motifs is 3. The predicted molar refractivity (Wildman–Crippen MR) is 117 cm³/mol. The first kappa shape index (κ1) is 20.4. The standard InChI is InChI=1S/C20H18N6O4S/c1-25-17(28)14-5-3-4-6-15(14)26-19(25)23-24-20(26)31-11-16(27)22-18(29)21-12-7-9-13(30-2)10-8-12/h3-10H,11H2,1-2H3,(H2,21,22,27,29). The average molecular weight is 438 g/mol. The molecule has 0 unspecified atom stereocenters. The number of nitrogens with zero attached hydrogens (tertiary/aromatic N) is 4. The largest absolute Gasteiger partial charge is 0.497 e. The minimum absolute atomic E-state index is 0.0615. The van der Waals surface area contributed by atoms with Gasteiger partial charge in [0.25, 0.3) is 5.56 Å². The number of rotatable bonds is 5. The van der Waals surface area contributed by atoms with Crippen molar-refractivity contribution in [1.29, 1.82) is 0 Å². The van der Waals surface area contributed by atoms with E-state index in [2.05, 4.69) is 20.8 Å². The van der Waals surface area contributed by atoms with E-state index in [1.165, 1.54) is 4.57 Å². The molecule has 2 aromatic carbocycles. The number of aryl methyl sites for hydroxylation is 1. The van der Waals surface area contributed by atoms with Crippen LogP contribution in [0.1, 0.15) is 0 Å². The van der Waals surface area contributed by atoms with Gasteiger partial charge in [0.1, 0.15) is 5.75 Å². The molecular weight excluding hydrogens is 420 g/mol. The van der Waals surface area contributed by atoms with Gasteiger partial charge in [-0.1, -0.05) is 23.9 Å². The number of carbonyl (C=O) groups is 2. The van der Waals surface area contributed by atoms with Crippen LogP contribution in [0.2, 0.25) is 0 Å². The molecule has 11 heteroatoms. The molecule has 0 radical (unpaired) electrons. The highest BCUT2D eigenvalue weighted by atomic mass is 32.2. The lowest BCUT2D eigenvalue weighted by molar-refractivity contribution is -0.117. The van der Waals surface area contributed by atoms with E-state index in [9.17, 15) is 14.4 Å². The van der Waals surface area contributed by atoms with Gasteiger partial charge in [-0.3, -0.25) is 23.9 Å². The number of hydrogen-bond acceptors (Lipinski definition) is 7. The fourth-order valence-electron chi connectivity index (χ4n) is 3.03. The zero-order valence-corrected chi connectivity index (χ0v) is 17.5. The molecule has 0 bridgehead atoms. The van der Waals surface area contributed by atoms with Gasteiger partial charge in [0.15, 0.2) is 5.16 Å². The smallest absolute Gasteiger partial charge is 0.325 e. The molecule has 31 heavy (non-hydrogen) atoms. The molecule has 0 aliphatic rings. The normalized spacial score (nSPS) is 10.9. The molecule has 158 valence electrons. The van der Waals surface area contributed by atoms with E-state index in [-0.39, 0.29) is 11.3 Å². The number of para-hydroxylation sites is 1. The third kappa shape index (κ3) is 4.08. The summed E-state index contributed by atoms with van der Waals surface area (Å²) in [5, 5.41) is 14.0. The number of aromatic nitrogens is 4. The Morgan fingerprint density at radius 2 is 1.84 bits per heavy atom. The van der Waals surface area contributed by atoms with Crippen molar-refractivity contribution in [2.75, 3.05) is 18.2 Å². The molecule has 0 saturated heterocycles. The quantitative estimate of drug-likeness (QED) is 0.458. The van der Waals surface area contributed by atoms with Gasteiger partial charge >= 0.3 is 6.03 Å². The van der Waals surface area contributed by atoms with Gasteiger partial charge in [-0.2, -0.15) is 0 Å². The molecule has 4 aromatic rings. The summed E-state index contributed by atoms with van der Waals surface area (Å²) in [5.74, 6) is 0.461. The van der Waals surface area contributed by atoms with Crippen molar-refractivity contribution in [3.8, 4) is 5.75 Å². The van der Waals surface area contributed by atoms with Crippen LogP contribution in [-0.2, 0) is 11.8 Å². The lowest BCUT2D eigenvalue weighted by Crippen LogP contribution is -2.35. The minimum atomic E-state index is -0.644. The van der Waals surface area contributed by atoms with Crippen molar-refractivity contribution in [2.24, 2.45) is 7.05 Å². The minimum Gasteiger partial charge on any atom is -0.497 e. The van der Waals surface area contributed by atoms with Crippen LogP contribution < -0.4 is 20.9 Å². The van der Waals surface area contributed by atoms with Crippen molar-refractivity contribution < 1.29 is 14.3 Å². The molecule has 2 N–H and O–H groups in total. The SMILES string of the molecule is COc1ccc(NC(=O)NC(=O)CSc2nnc3n(C)c(=O)c4ccccc4n23)cc1. The summed E-state index contributed by atoms with van der Waals surface area (Å²) < 4.78 is 8.18. The number of urea groups is 1. The fourth-order valence-corrected chi connectivity index (χ4v) is 3.77. The van der Waals surface area contributed by atoms with Gasteiger partial charge in [0, 0.05) is 12.7 Å². The van der Waals surface area contributed by atoms with Gasteiger partial charge in [-0.15, -0.1) is 10.2 Å². The van der Waals surface area contributed by atoms with Gasteiger partial charge in [-0.05, 0) is 36.4 Å². The van der Waals surface area contributed by atoms with E-state index in [0.717, 1.165) is 11.8 Å². The highest BCUT2D eigenvalue weighted by molar-refractivity contribution is 7.99. The van der Waals surface area contributed by atoms with Crippen molar-refractivity contribution in [1.82, 2.24) is 24.5 Å². The zero-order chi connectivity index (χ0) is 22.0. The number of anilines is 1. The number of nitrogens with one attached hydrogen (secondary N) is 2. The Bertz CT molecular complexity index is 1350. The maximum atomic E-state index is 12.5. The second-order valence-electron chi connectivity index (χ2n) is 6.52. The molecule has 4 rings (SSSR count). The maximum absolute atomic E-state index is 12.5. The first-order chi connectivity index (χ1) is 15.0. The van der Waals surface area contributed by atoms with Crippen molar-refractivity contribution in [2.45, 2.75) is 5.16 Å². The Kier molecular flexibility index (Phi) is 5.58. The Labute approximate surface area is 180 Å². The lowest BCUT2D eigenvalue weighted by atomic mass is 10.2. The monoisotopic (exact) mass is 438 g/mol. The van der Waals surface area contributed by atoms with Crippen LogP contribution in [0.5, 0.6) is 5.75 Å². The van der Waals surface area contributed by atoms with Crippen LogP contribution in [0.25, 0.3) is 16.7 Å².